The minimum atomic E-state index is 0.710. The summed E-state index contributed by atoms with van der Waals surface area (Å²) >= 11 is 0. The van der Waals surface area contributed by atoms with Crippen LogP contribution >= 0.6 is 0 Å². The molecule has 17 heavy (non-hydrogen) atoms. The van der Waals surface area contributed by atoms with Crippen molar-refractivity contribution in [2.75, 3.05) is 6.61 Å². The van der Waals surface area contributed by atoms with Gasteiger partial charge in [-0.05, 0) is 28.8 Å². The molecule has 1 nitrogen and oxygen atoms in total. The summed E-state index contributed by atoms with van der Waals surface area (Å²) in [5.41, 5.74) is 1.25. The van der Waals surface area contributed by atoms with Crippen LogP contribution in [-0.2, 0) is 11.3 Å². The zero-order valence-corrected chi connectivity index (χ0v) is 10.2. The van der Waals surface area contributed by atoms with Crippen molar-refractivity contribution in [2.45, 2.75) is 25.9 Å². The van der Waals surface area contributed by atoms with Crippen LogP contribution in [0.3, 0.4) is 0 Å². The van der Waals surface area contributed by atoms with E-state index in [4.69, 9.17) is 4.74 Å². The second-order valence-corrected chi connectivity index (χ2v) is 4.29. The van der Waals surface area contributed by atoms with Gasteiger partial charge in [-0.15, -0.1) is 0 Å². The van der Waals surface area contributed by atoms with Crippen molar-refractivity contribution in [3.8, 4) is 0 Å². The number of rotatable bonds is 6. The van der Waals surface area contributed by atoms with E-state index in [0.29, 0.717) is 6.61 Å². The van der Waals surface area contributed by atoms with Crippen molar-refractivity contribution in [1.82, 2.24) is 0 Å². The molecular formula is C16H19O. The molecule has 0 amide bonds. The van der Waals surface area contributed by atoms with Crippen molar-refractivity contribution in [3.05, 3.63) is 55.0 Å². The number of benzene rings is 2. The maximum absolute atomic E-state index is 5.64. The zero-order valence-electron chi connectivity index (χ0n) is 10.2. The first-order chi connectivity index (χ1) is 8.40. The third kappa shape index (κ3) is 3.57. The standard InChI is InChI=1S/C16H19O/c1-2-3-6-11-17-13-14-9-10-15-7-4-5-8-16(15)12-14/h4-5,7-10,12H,1-3,6,11,13H2. The topological polar surface area (TPSA) is 9.23 Å². The largest absolute Gasteiger partial charge is 0.377 e. The lowest BCUT2D eigenvalue weighted by molar-refractivity contribution is 0.117. The van der Waals surface area contributed by atoms with Crippen LogP contribution in [0.2, 0.25) is 0 Å². The molecule has 0 aliphatic carbocycles. The first-order valence-corrected chi connectivity index (χ1v) is 6.25. The van der Waals surface area contributed by atoms with Gasteiger partial charge < -0.3 is 4.74 Å². The minimum Gasteiger partial charge on any atom is -0.377 e. The van der Waals surface area contributed by atoms with Crippen molar-refractivity contribution >= 4 is 10.8 Å². The lowest BCUT2D eigenvalue weighted by Gasteiger charge is -2.05. The Morgan fingerprint density at radius 1 is 0.941 bits per heavy atom. The van der Waals surface area contributed by atoms with Gasteiger partial charge in [0.15, 0.2) is 0 Å². The maximum atomic E-state index is 5.64. The van der Waals surface area contributed by atoms with E-state index in [0.717, 1.165) is 25.9 Å². The highest BCUT2D eigenvalue weighted by Gasteiger charge is 1.96. The molecule has 0 saturated heterocycles. The van der Waals surface area contributed by atoms with Gasteiger partial charge in [-0.25, -0.2) is 0 Å². The molecule has 0 heterocycles. The number of hydrogen-bond donors (Lipinski definition) is 0. The lowest BCUT2D eigenvalue weighted by atomic mass is 10.1. The average Bonchev–Trinajstić information content (AvgIpc) is 2.38. The average molecular weight is 227 g/mol. The predicted molar refractivity (Wildman–Crippen MR) is 72.8 cm³/mol. The van der Waals surface area contributed by atoms with Crippen LogP contribution in [-0.4, -0.2) is 6.61 Å². The molecule has 0 bridgehead atoms. The van der Waals surface area contributed by atoms with Crippen molar-refractivity contribution in [1.29, 1.82) is 0 Å². The molecule has 0 N–H and O–H groups in total. The fourth-order valence-electron chi connectivity index (χ4n) is 1.90. The molecule has 2 rings (SSSR count). The summed E-state index contributed by atoms with van der Waals surface area (Å²) in [5.74, 6) is 0. The van der Waals surface area contributed by atoms with Gasteiger partial charge in [0.05, 0.1) is 6.61 Å². The van der Waals surface area contributed by atoms with Gasteiger partial charge in [-0.2, -0.15) is 0 Å². The van der Waals surface area contributed by atoms with Crippen LogP contribution in [0.5, 0.6) is 0 Å². The lowest BCUT2D eigenvalue weighted by Crippen LogP contribution is -1.95. The Morgan fingerprint density at radius 3 is 2.59 bits per heavy atom. The predicted octanol–water partition coefficient (Wildman–Crippen LogP) is 4.36. The van der Waals surface area contributed by atoms with E-state index in [1.54, 1.807) is 0 Å². The fourth-order valence-corrected chi connectivity index (χ4v) is 1.90. The molecule has 2 aromatic rings. The van der Waals surface area contributed by atoms with Gasteiger partial charge in [0.1, 0.15) is 0 Å². The van der Waals surface area contributed by atoms with Gasteiger partial charge in [0.2, 0.25) is 0 Å². The van der Waals surface area contributed by atoms with E-state index in [1.165, 1.54) is 16.3 Å². The first kappa shape index (κ1) is 12.1. The van der Waals surface area contributed by atoms with E-state index in [-0.39, 0.29) is 0 Å². The van der Waals surface area contributed by atoms with Gasteiger partial charge in [0.25, 0.3) is 0 Å². The quantitative estimate of drug-likeness (QED) is 0.666. The molecule has 0 fully saturated rings. The number of ether oxygens (including phenoxy) is 1. The Morgan fingerprint density at radius 2 is 1.76 bits per heavy atom. The smallest absolute Gasteiger partial charge is 0.0717 e. The molecule has 0 aromatic heterocycles. The van der Waals surface area contributed by atoms with Crippen molar-refractivity contribution in [3.63, 3.8) is 0 Å². The zero-order chi connectivity index (χ0) is 11.9. The van der Waals surface area contributed by atoms with Gasteiger partial charge in [-0.1, -0.05) is 56.2 Å². The Bertz CT molecular complexity index is 462. The van der Waals surface area contributed by atoms with E-state index < -0.39 is 0 Å². The summed E-state index contributed by atoms with van der Waals surface area (Å²) < 4.78 is 5.64. The summed E-state index contributed by atoms with van der Waals surface area (Å²) in [5, 5.41) is 2.57. The molecule has 1 heteroatoms. The van der Waals surface area contributed by atoms with Gasteiger partial charge in [0, 0.05) is 6.61 Å². The fraction of sp³-hybridized carbons (Fsp3) is 0.312. The Labute approximate surface area is 103 Å². The van der Waals surface area contributed by atoms with Gasteiger partial charge >= 0.3 is 0 Å². The molecule has 0 aliphatic rings. The minimum absolute atomic E-state index is 0.710. The molecule has 1 radical (unpaired) electrons. The number of unbranched alkanes of at least 4 members (excludes halogenated alkanes) is 2. The molecule has 0 aliphatic heterocycles. The summed E-state index contributed by atoms with van der Waals surface area (Å²) in [7, 11) is 0. The third-order valence-electron chi connectivity index (χ3n) is 2.87. The molecule has 0 spiro atoms. The molecule has 0 atom stereocenters. The van der Waals surface area contributed by atoms with Crippen LogP contribution in [0.25, 0.3) is 10.8 Å². The Kier molecular flexibility index (Phi) is 4.57. The van der Waals surface area contributed by atoms with E-state index in [2.05, 4.69) is 49.4 Å². The summed E-state index contributed by atoms with van der Waals surface area (Å²) in [6, 6.07) is 14.9. The summed E-state index contributed by atoms with van der Waals surface area (Å²) in [4.78, 5) is 0. The van der Waals surface area contributed by atoms with Crippen LogP contribution in [0.4, 0.5) is 0 Å². The molecule has 0 saturated carbocycles. The van der Waals surface area contributed by atoms with Crippen molar-refractivity contribution < 1.29 is 4.74 Å². The molecular weight excluding hydrogens is 208 g/mol. The van der Waals surface area contributed by atoms with Crippen LogP contribution in [0.1, 0.15) is 24.8 Å². The van der Waals surface area contributed by atoms with Crippen LogP contribution in [0.15, 0.2) is 42.5 Å². The third-order valence-corrected chi connectivity index (χ3v) is 2.87. The molecule has 0 unspecified atom stereocenters. The highest BCUT2D eigenvalue weighted by Crippen LogP contribution is 2.16. The van der Waals surface area contributed by atoms with E-state index in [1.807, 2.05) is 0 Å². The van der Waals surface area contributed by atoms with Crippen molar-refractivity contribution in [2.24, 2.45) is 0 Å². The van der Waals surface area contributed by atoms with Gasteiger partial charge in [-0.3, -0.25) is 0 Å². The Hall–Kier alpha value is -1.34. The summed E-state index contributed by atoms with van der Waals surface area (Å²) in [6.45, 7) is 5.37. The highest BCUT2D eigenvalue weighted by molar-refractivity contribution is 5.82. The number of hydrogen-bond acceptors (Lipinski definition) is 1. The maximum Gasteiger partial charge on any atom is 0.0717 e. The highest BCUT2D eigenvalue weighted by atomic mass is 16.5. The molecule has 89 valence electrons. The first-order valence-electron chi connectivity index (χ1n) is 6.25. The molecule has 2 aromatic carbocycles. The SMILES string of the molecule is [CH2]CCCCOCc1ccc2ccccc2c1. The Balaban J connectivity index is 1.90. The van der Waals surface area contributed by atoms with Crippen LogP contribution in [0, 0.1) is 6.92 Å². The number of fused-ring (bicyclic) bond motifs is 1. The normalized spacial score (nSPS) is 10.9. The second-order valence-electron chi connectivity index (χ2n) is 4.29. The summed E-state index contributed by atoms with van der Waals surface area (Å²) in [6.07, 6.45) is 3.26. The second kappa shape index (κ2) is 6.41. The monoisotopic (exact) mass is 227 g/mol. The van der Waals surface area contributed by atoms with E-state index >= 15 is 0 Å². The van der Waals surface area contributed by atoms with Crippen LogP contribution < -0.4 is 0 Å². The van der Waals surface area contributed by atoms with E-state index in [9.17, 15) is 0 Å².